The first-order valence-electron chi connectivity index (χ1n) is 6.37. The van der Waals surface area contributed by atoms with E-state index >= 15 is 0 Å². The minimum atomic E-state index is -4.41. The van der Waals surface area contributed by atoms with Crippen molar-refractivity contribution < 1.29 is 17.9 Å². The highest BCUT2D eigenvalue weighted by molar-refractivity contribution is 5.55. The Morgan fingerprint density at radius 2 is 1.75 bits per heavy atom. The van der Waals surface area contributed by atoms with Gasteiger partial charge in [-0.25, -0.2) is 0 Å². The Hall–Kier alpha value is -1.43. The number of nitrogens with one attached hydrogen (secondary N) is 2. The molecule has 0 aliphatic heterocycles. The number of alkyl halides is 3. The van der Waals surface area contributed by atoms with Crippen LogP contribution in [0.5, 0.6) is 5.75 Å². The number of benzene rings is 1. The molecule has 3 nitrogen and oxygen atoms in total. The topological polar surface area (TPSA) is 33.3 Å². The van der Waals surface area contributed by atoms with Crippen LogP contribution >= 0.6 is 0 Å². The Bertz CT molecular complexity index is 439. The van der Waals surface area contributed by atoms with Crippen LogP contribution in [0.2, 0.25) is 0 Å². The van der Waals surface area contributed by atoms with E-state index in [2.05, 4.69) is 10.6 Å². The second-order valence-corrected chi connectivity index (χ2v) is 5.51. The number of hydrogen-bond acceptors (Lipinski definition) is 3. The predicted octanol–water partition coefficient (Wildman–Crippen LogP) is 3.51. The Kier molecular flexibility index (Phi) is 5.28. The van der Waals surface area contributed by atoms with Gasteiger partial charge in [-0.1, -0.05) is 0 Å². The van der Waals surface area contributed by atoms with Gasteiger partial charge >= 0.3 is 6.18 Å². The first kappa shape index (κ1) is 16.6. The molecule has 1 aromatic rings. The molecule has 0 fully saturated rings. The molecule has 0 bridgehead atoms. The lowest BCUT2D eigenvalue weighted by Gasteiger charge is -2.21. The van der Waals surface area contributed by atoms with E-state index < -0.39 is 11.7 Å². The van der Waals surface area contributed by atoms with E-state index in [1.165, 1.54) is 19.2 Å². The number of rotatable bonds is 5. The summed E-state index contributed by atoms with van der Waals surface area (Å²) in [5, 5.41) is 6.01. The van der Waals surface area contributed by atoms with E-state index in [0.717, 1.165) is 6.07 Å². The van der Waals surface area contributed by atoms with E-state index in [0.29, 0.717) is 13.1 Å². The molecule has 0 aliphatic rings. The van der Waals surface area contributed by atoms with Crippen LogP contribution in [0.15, 0.2) is 18.2 Å². The number of ether oxygens (including phenoxy) is 1. The predicted molar refractivity (Wildman–Crippen MR) is 74.2 cm³/mol. The van der Waals surface area contributed by atoms with Crippen molar-refractivity contribution in [2.45, 2.75) is 32.5 Å². The maximum absolute atomic E-state index is 13.0. The van der Waals surface area contributed by atoms with Gasteiger partial charge < -0.3 is 15.4 Å². The summed E-state index contributed by atoms with van der Waals surface area (Å²) in [7, 11) is 1.34. The summed E-state index contributed by atoms with van der Waals surface area (Å²) in [4.78, 5) is 0. The molecule has 1 rings (SSSR count). The van der Waals surface area contributed by atoms with Gasteiger partial charge in [-0.2, -0.15) is 13.2 Å². The van der Waals surface area contributed by atoms with E-state index in [1.807, 2.05) is 20.8 Å². The van der Waals surface area contributed by atoms with Crippen molar-refractivity contribution in [3.63, 3.8) is 0 Å². The highest BCUT2D eigenvalue weighted by Gasteiger charge is 2.34. The third-order valence-corrected chi connectivity index (χ3v) is 2.63. The fourth-order valence-electron chi connectivity index (χ4n) is 1.67. The molecule has 0 unspecified atom stereocenters. The van der Waals surface area contributed by atoms with Gasteiger partial charge in [-0.3, -0.25) is 0 Å². The summed E-state index contributed by atoms with van der Waals surface area (Å²) < 4.78 is 43.7. The van der Waals surface area contributed by atoms with Gasteiger partial charge in [0.2, 0.25) is 0 Å². The zero-order valence-corrected chi connectivity index (χ0v) is 12.2. The Balaban J connectivity index is 2.74. The lowest BCUT2D eigenvalue weighted by Crippen LogP contribution is -2.38. The number of hydrogen-bond donors (Lipinski definition) is 2. The van der Waals surface area contributed by atoms with E-state index in [-0.39, 0.29) is 17.0 Å². The first-order valence-corrected chi connectivity index (χ1v) is 6.37. The molecule has 2 N–H and O–H groups in total. The fraction of sp³-hybridized carbons (Fsp3) is 0.571. The van der Waals surface area contributed by atoms with Crippen LogP contribution < -0.4 is 15.4 Å². The largest absolute Gasteiger partial charge is 0.497 e. The maximum Gasteiger partial charge on any atom is 0.418 e. The van der Waals surface area contributed by atoms with Gasteiger partial charge in [0, 0.05) is 24.3 Å². The second-order valence-electron chi connectivity index (χ2n) is 5.51. The van der Waals surface area contributed by atoms with Crippen molar-refractivity contribution in [3.8, 4) is 5.75 Å². The molecule has 0 aliphatic carbocycles. The Morgan fingerprint density at radius 3 is 2.25 bits per heavy atom. The Labute approximate surface area is 117 Å². The van der Waals surface area contributed by atoms with Gasteiger partial charge in [-0.05, 0) is 39.0 Å². The Morgan fingerprint density at radius 1 is 1.10 bits per heavy atom. The van der Waals surface area contributed by atoms with E-state index in [1.54, 1.807) is 0 Å². The number of anilines is 1. The van der Waals surface area contributed by atoms with Crippen LogP contribution in [0.1, 0.15) is 26.3 Å². The zero-order valence-electron chi connectivity index (χ0n) is 12.2. The monoisotopic (exact) mass is 290 g/mol. The van der Waals surface area contributed by atoms with Gasteiger partial charge in [0.15, 0.2) is 0 Å². The quantitative estimate of drug-likeness (QED) is 0.814. The molecule has 0 spiro atoms. The second kappa shape index (κ2) is 6.35. The van der Waals surface area contributed by atoms with Crippen LogP contribution in [0.4, 0.5) is 18.9 Å². The maximum atomic E-state index is 13.0. The molecule has 1 aromatic carbocycles. The van der Waals surface area contributed by atoms with Crippen LogP contribution in [-0.4, -0.2) is 25.7 Å². The first-order chi connectivity index (χ1) is 9.13. The van der Waals surface area contributed by atoms with E-state index in [9.17, 15) is 13.2 Å². The molecule has 20 heavy (non-hydrogen) atoms. The lowest BCUT2D eigenvalue weighted by molar-refractivity contribution is -0.137. The SMILES string of the molecule is COc1ccc(NCCNC(C)(C)C)c(C(F)(F)F)c1. The van der Waals surface area contributed by atoms with Crippen LogP contribution in [0, 0.1) is 0 Å². The minimum Gasteiger partial charge on any atom is -0.497 e. The summed E-state index contributed by atoms with van der Waals surface area (Å²) in [6, 6.07) is 3.90. The van der Waals surface area contributed by atoms with Crippen molar-refractivity contribution in [1.82, 2.24) is 5.32 Å². The molecule has 0 amide bonds. The summed E-state index contributed by atoms with van der Waals surface area (Å²) >= 11 is 0. The van der Waals surface area contributed by atoms with Gasteiger partial charge in [0.1, 0.15) is 5.75 Å². The van der Waals surface area contributed by atoms with Crippen molar-refractivity contribution in [2.75, 3.05) is 25.5 Å². The van der Waals surface area contributed by atoms with Crippen molar-refractivity contribution in [2.24, 2.45) is 0 Å². The van der Waals surface area contributed by atoms with Gasteiger partial charge in [0.05, 0.1) is 12.7 Å². The minimum absolute atomic E-state index is 0.0611. The fourth-order valence-corrected chi connectivity index (χ4v) is 1.67. The molecule has 0 saturated heterocycles. The molecule has 6 heteroatoms. The van der Waals surface area contributed by atoms with Crippen LogP contribution in [-0.2, 0) is 6.18 Å². The van der Waals surface area contributed by atoms with E-state index in [4.69, 9.17) is 4.74 Å². The zero-order chi connectivity index (χ0) is 15.4. The average Bonchev–Trinajstić information content (AvgIpc) is 2.32. The van der Waals surface area contributed by atoms with Gasteiger partial charge in [0.25, 0.3) is 0 Å². The third-order valence-electron chi connectivity index (χ3n) is 2.63. The highest BCUT2D eigenvalue weighted by atomic mass is 19.4. The molecule has 0 heterocycles. The lowest BCUT2D eigenvalue weighted by atomic mass is 10.1. The molecular formula is C14H21F3N2O. The normalized spacial score (nSPS) is 12.3. The summed E-state index contributed by atoms with van der Waals surface area (Å²) in [6.45, 7) is 6.99. The molecule has 0 saturated carbocycles. The summed E-state index contributed by atoms with van der Waals surface area (Å²) in [6.07, 6.45) is -4.41. The standard InChI is InChI=1S/C14H21F3N2O/c1-13(2,3)19-8-7-18-12-6-5-10(20-4)9-11(12)14(15,16)17/h5-6,9,18-19H,7-8H2,1-4H3. The summed E-state index contributed by atoms with van der Waals surface area (Å²) in [5.41, 5.74) is -0.712. The number of methoxy groups -OCH3 is 1. The van der Waals surface area contributed by atoms with Crippen molar-refractivity contribution in [3.05, 3.63) is 23.8 Å². The number of halogens is 3. The molecule has 0 atom stereocenters. The smallest absolute Gasteiger partial charge is 0.418 e. The average molecular weight is 290 g/mol. The summed E-state index contributed by atoms with van der Waals surface area (Å²) in [5.74, 6) is 0.190. The third kappa shape index (κ3) is 5.28. The molecule has 0 radical (unpaired) electrons. The molecule has 0 aromatic heterocycles. The molecular weight excluding hydrogens is 269 g/mol. The molecule has 114 valence electrons. The van der Waals surface area contributed by atoms with Crippen LogP contribution in [0.25, 0.3) is 0 Å². The highest BCUT2D eigenvalue weighted by Crippen LogP contribution is 2.36. The van der Waals surface area contributed by atoms with Gasteiger partial charge in [-0.15, -0.1) is 0 Å². The van der Waals surface area contributed by atoms with Crippen LogP contribution in [0.3, 0.4) is 0 Å². The van der Waals surface area contributed by atoms with Crippen molar-refractivity contribution >= 4 is 5.69 Å². The van der Waals surface area contributed by atoms with Crippen molar-refractivity contribution in [1.29, 1.82) is 0 Å².